The van der Waals surface area contributed by atoms with Crippen LogP contribution < -0.4 is 0 Å². The molecular formula is C8H11NO. The van der Waals surface area contributed by atoms with E-state index in [1.165, 1.54) is 6.20 Å². The molecule has 2 nitrogen and oxygen atoms in total. The molecule has 0 saturated carbocycles. The van der Waals surface area contributed by atoms with Crippen molar-refractivity contribution in [1.29, 1.82) is 0 Å². The summed E-state index contributed by atoms with van der Waals surface area (Å²) < 4.78 is 0. The highest BCUT2D eigenvalue weighted by Gasteiger charge is 2.02. The standard InChI is InChI=1S/C8H11NO/c1-6(2)8(10)7(3)5-9-4/h5H,1,4H2,2-3H3. The molecule has 0 aliphatic rings. The Morgan fingerprint density at radius 3 is 2.30 bits per heavy atom. The van der Waals surface area contributed by atoms with Crippen LogP contribution in [-0.2, 0) is 4.79 Å². The summed E-state index contributed by atoms with van der Waals surface area (Å²) in [5.74, 6) is -0.0626. The van der Waals surface area contributed by atoms with E-state index < -0.39 is 0 Å². The Bertz CT molecular complexity index is 201. The first-order valence-corrected chi connectivity index (χ1v) is 2.92. The normalized spacial score (nSPS) is 10.8. The van der Waals surface area contributed by atoms with Gasteiger partial charge in [-0.05, 0) is 26.1 Å². The van der Waals surface area contributed by atoms with Gasteiger partial charge in [-0.15, -0.1) is 0 Å². The predicted molar refractivity (Wildman–Crippen MR) is 43.1 cm³/mol. The largest absolute Gasteiger partial charge is 0.289 e. The van der Waals surface area contributed by atoms with E-state index in [1.807, 2.05) is 0 Å². The molecule has 0 aliphatic heterocycles. The number of carbonyl (C=O) groups is 1. The molecule has 0 radical (unpaired) electrons. The van der Waals surface area contributed by atoms with E-state index in [9.17, 15) is 4.79 Å². The Labute approximate surface area is 61.0 Å². The van der Waals surface area contributed by atoms with Gasteiger partial charge < -0.3 is 0 Å². The lowest BCUT2D eigenvalue weighted by Crippen LogP contribution is -1.98. The molecule has 0 fully saturated rings. The fourth-order valence-electron chi connectivity index (χ4n) is 0.532. The van der Waals surface area contributed by atoms with Crippen LogP contribution in [0.4, 0.5) is 0 Å². The van der Waals surface area contributed by atoms with Gasteiger partial charge in [-0.25, -0.2) is 0 Å². The molecule has 0 aliphatic carbocycles. The number of hydrogen-bond donors (Lipinski definition) is 0. The minimum atomic E-state index is -0.0626. The average Bonchev–Trinajstić information content (AvgIpc) is 1.87. The van der Waals surface area contributed by atoms with Gasteiger partial charge >= 0.3 is 0 Å². The first kappa shape index (κ1) is 8.82. The fourth-order valence-corrected chi connectivity index (χ4v) is 0.532. The van der Waals surface area contributed by atoms with E-state index >= 15 is 0 Å². The number of rotatable bonds is 3. The minimum Gasteiger partial charge on any atom is -0.289 e. The van der Waals surface area contributed by atoms with Crippen molar-refractivity contribution in [3.05, 3.63) is 23.9 Å². The van der Waals surface area contributed by atoms with Crippen LogP contribution in [0.2, 0.25) is 0 Å². The molecule has 0 atom stereocenters. The van der Waals surface area contributed by atoms with Crippen molar-refractivity contribution < 1.29 is 4.79 Å². The molecule has 0 aromatic heterocycles. The molecule has 0 N–H and O–H groups in total. The van der Waals surface area contributed by atoms with E-state index in [1.54, 1.807) is 13.8 Å². The van der Waals surface area contributed by atoms with Gasteiger partial charge in [0.2, 0.25) is 0 Å². The summed E-state index contributed by atoms with van der Waals surface area (Å²) >= 11 is 0. The fraction of sp³-hybridized carbons (Fsp3) is 0.250. The third kappa shape index (κ3) is 2.40. The van der Waals surface area contributed by atoms with Gasteiger partial charge in [-0.1, -0.05) is 6.58 Å². The Morgan fingerprint density at radius 1 is 1.50 bits per heavy atom. The van der Waals surface area contributed by atoms with Crippen molar-refractivity contribution in [2.45, 2.75) is 13.8 Å². The molecule has 2 heteroatoms. The zero-order chi connectivity index (χ0) is 8.15. The lowest BCUT2D eigenvalue weighted by atomic mass is 10.1. The maximum Gasteiger partial charge on any atom is 0.185 e. The molecular weight excluding hydrogens is 126 g/mol. The van der Waals surface area contributed by atoms with Gasteiger partial charge in [-0.2, -0.15) is 0 Å². The van der Waals surface area contributed by atoms with Crippen molar-refractivity contribution in [2.24, 2.45) is 4.99 Å². The summed E-state index contributed by atoms with van der Waals surface area (Å²) in [7, 11) is 0. The third-order valence-electron chi connectivity index (χ3n) is 1.03. The van der Waals surface area contributed by atoms with Crippen LogP contribution >= 0.6 is 0 Å². The number of aliphatic imine (C=N–C) groups is 1. The van der Waals surface area contributed by atoms with E-state index in [0.29, 0.717) is 11.1 Å². The van der Waals surface area contributed by atoms with Gasteiger partial charge in [0.15, 0.2) is 5.78 Å². The minimum absolute atomic E-state index is 0.0626. The summed E-state index contributed by atoms with van der Waals surface area (Å²) in [5, 5.41) is 0. The highest BCUT2D eigenvalue weighted by Crippen LogP contribution is 2.01. The van der Waals surface area contributed by atoms with Crippen molar-refractivity contribution in [3.8, 4) is 0 Å². The van der Waals surface area contributed by atoms with Crippen LogP contribution in [0.15, 0.2) is 28.9 Å². The Kier molecular flexibility index (Phi) is 3.33. The van der Waals surface area contributed by atoms with E-state index in [4.69, 9.17) is 0 Å². The number of Topliss-reactive ketones (excluding diaryl/α,β-unsaturated/α-hetero) is 1. The highest BCUT2D eigenvalue weighted by atomic mass is 16.1. The van der Waals surface area contributed by atoms with Crippen LogP contribution in [-0.4, -0.2) is 12.5 Å². The average molecular weight is 137 g/mol. The topological polar surface area (TPSA) is 29.4 Å². The summed E-state index contributed by atoms with van der Waals surface area (Å²) in [6.45, 7) is 10.1. The quantitative estimate of drug-likeness (QED) is 0.430. The number of carbonyl (C=O) groups excluding carboxylic acids is 1. The van der Waals surface area contributed by atoms with Crippen LogP contribution in [0.1, 0.15) is 13.8 Å². The molecule has 0 heterocycles. The second kappa shape index (κ2) is 3.77. The number of allylic oxidation sites excluding steroid dienone is 2. The lowest BCUT2D eigenvalue weighted by molar-refractivity contribution is -0.112. The van der Waals surface area contributed by atoms with E-state index in [0.717, 1.165) is 0 Å². The number of ketones is 1. The maximum absolute atomic E-state index is 11.0. The second-order valence-electron chi connectivity index (χ2n) is 2.10. The van der Waals surface area contributed by atoms with Crippen molar-refractivity contribution in [3.63, 3.8) is 0 Å². The molecule has 0 bridgehead atoms. The van der Waals surface area contributed by atoms with Gasteiger partial charge in [0.05, 0.1) is 0 Å². The van der Waals surface area contributed by atoms with Gasteiger partial charge in [0, 0.05) is 11.8 Å². The van der Waals surface area contributed by atoms with Crippen molar-refractivity contribution >= 4 is 12.5 Å². The van der Waals surface area contributed by atoms with Crippen molar-refractivity contribution in [1.82, 2.24) is 0 Å². The maximum atomic E-state index is 11.0. The molecule has 0 amide bonds. The predicted octanol–water partition coefficient (Wildman–Crippen LogP) is 1.74. The first-order valence-electron chi connectivity index (χ1n) is 2.92. The lowest BCUT2D eigenvalue weighted by Gasteiger charge is -1.95. The molecule has 54 valence electrons. The molecule has 10 heavy (non-hydrogen) atoms. The highest BCUT2D eigenvalue weighted by molar-refractivity contribution is 6.06. The monoisotopic (exact) mass is 137 g/mol. The summed E-state index contributed by atoms with van der Waals surface area (Å²) in [4.78, 5) is 14.4. The molecule has 0 spiro atoms. The van der Waals surface area contributed by atoms with Crippen LogP contribution in [0.25, 0.3) is 0 Å². The molecule has 0 rings (SSSR count). The molecule has 0 aromatic rings. The molecule has 0 saturated heterocycles. The van der Waals surface area contributed by atoms with Gasteiger partial charge in [0.1, 0.15) is 0 Å². The van der Waals surface area contributed by atoms with Crippen LogP contribution in [0.3, 0.4) is 0 Å². The summed E-state index contributed by atoms with van der Waals surface area (Å²) in [5.41, 5.74) is 1.10. The Balaban J connectivity index is 4.36. The van der Waals surface area contributed by atoms with Crippen molar-refractivity contribution in [2.75, 3.05) is 0 Å². The summed E-state index contributed by atoms with van der Waals surface area (Å²) in [6.07, 6.45) is 1.43. The van der Waals surface area contributed by atoms with Crippen LogP contribution in [0, 0.1) is 0 Å². The number of nitrogens with zero attached hydrogens (tertiary/aromatic N) is 1. The Morgan fingerprint density at radius 2 is 2.00 bits per heavy atom. The smallest absolute Gasteiger partial charge is 0.185 e. The van der Waals surface area contributed by atoms with Crippen LogP contribution in [0.5, 0.6) is 0 Å². The van der Waals surface area contributed by atoms with Gasteiger partial charge in [-0.3, -0.25) is 9.79 Å². The second-order valence-corrected chi connectivity index (χ2v) is 2.10. The Hall–Kier alpha value is -1.18. The zero-order valence-electron chi connectivity index (χ0n) is 6.35. The SMILES string of the molecule is C=NC=C(C)C(=O)C(=C)C. The number of hydrogen-bond acceptors (Lipinski definition) is 2. The van der Waals surface area contributed by atoms with E-state index in [2.05, 4.69) is 18.3 Å². The molecule has 0 aromatic carbocycles. The van der Waals surface area contributed by atoms with E-state index in [-0.39, 0.29) is 5.78 Å². The summed E-state index contributed by atoms with van der Waals surface area (Å²) in [6, 6.07) is 0. The first-order chi connectivity index (χ1) is 4.59. The van der Waals surface area contributed by atoms with Gasteiger partial charge in [0.25, 0.3) is 0 Å². The zero-order valence-corrected chi connectivity index (χ0v) is 6.35. The molecule has 0 unspecified atom stereocenters. The third-order valence-corrected chi connectivity index (χ3v) is 1.03.